The van der Waals surface area contributed by atoms with Crippen LogP contribution in [0.25, 0.3) is 0 Å². The van der Waals surface area contributed by atoms with Gasteiger partial charge in [-0.1, -0.05) is 0 Å². The highest BCUT2D eigenvalue weighted by Crippen LogP contribution is 2.27. The van der Waals surface area contributed by atoms with Crippen LogP contribution in [0.3, 0.4) is 0 Å². The zero-order valence-corrected chi connectivity index (χ0v) is 18.5. The molecular formula is C20H23N3O4S2. The molecule has 9 heteroatoms. The van der Waals surface area contributed by atoms with Crippen molar-refractivity contribution in [2.45, 2.75) is 43.1 Å². The Labute approximate surface area is 175 Å². The molecule has 29 heavy (non-hydrogen) atoms. The smallest absolute Gasteiger partial charge is 0.421 e. The summed E-state index contributed by atoms with van der Waals surface area (Å²) in [5.74, 6) is 0. The van der Waals surface area contributed by atoms with Crippen LogP contribution < -0.4 is 10.0 Å². The van der Waals surface area contributed by atoms with Crippen molar-refractivity contribution in [2.24, 2.45) is 0 Å². The number of hydrogen-bond donors (Lipinski definition) is 2. The van der Waals surface area contributed by atoms with E-state index in [1.54, 1.807) is 32.5 Å². The summed E-state index contributed by atoms with van der Waals surface area (Å²) in [6.45, 7) is 6.86. The first-order chi connectivity index (χ1) is 13.4. The van der Waals surface area contributed by atoms with Gasteiger partial charge in [-0.3, -0.25) is 0 Å². The van der Waals surface area contributed by atoms with Gasteiger partial charge in [0.05, 0.1) is 16.1 Å². The predicted octanol–water partition coefficient (Wildman–Crippen LogP) is 4.55. The molecule has 0 heterocycles. The van der Waals surface area contributed by atoms with Gasteiger partial charge < -0.3 is 10.1 Å². The lowest BCUT2D eigenvalue weighted by atomic mass is 10.1. The number of sulfonamides is 1. The van der Waals surface area contributed by atoms with Crippen LogP contribution in [0.15, 0.2) is 46.2 Å². The molecular weight excluding hydrogens is 410 g/mol. The molecule has 154 valence electrons. The first kappa shape index (κ1) is 22.6. The highest BCUT2D eigenvalue weighted by atomic mass is 32.2. The summed E-state index contributed by atoms with van der Waals surface area (Å²) < 4.78 is 31.7. The molecule has 0 saturated carbocycles. The molecule has 1 amide bonds. The Hall–Kier alpha value is -2.70. The van der Waals surface area contributed by atoms with Gasteiger partial charge in [0.25, 0.3) is 10.0 Å². The van der Waals surface area contributed by atoms with E-state index in [4.69, 9.17) is 4.74 Å². The Morgan fingerprint density at radius 3 is 2.41 bits per heavy atom. The van der Waals surface area contributed by atoms with E-state index in [1.165, 1.54) is 18.2 Å². The second-order valence-electron chi connectivity index (χ2n) is 7.24. The molecule has 0 aliphatic rings. The Morgan fingerprint density at radius 2 is 1.86 bits per heavy atom. The van der Waals surface area contributed by atoms with Crippen molar-refractivity contribution in [3.63, 3.8) is 0 Å². The van der Waals surface area contributed by atoms with Crippen molar-refractivity contribution in [3.05, 3.63) is 47.5 Å². The lowest BCUT2D eigenvalue weighted by Gasteiger charge is -2.19. The second-order valence-corrected chi connectivity index (χ2v) is 9.77. The summed E-state index contributed by atoms with van der Waals surface area (Å²) >= 11 is 1.64. The molecule has 0 atom stereocenters. The van der Waals surface area contributed by atoms with Crippen molar-refractivity contribution in [3.8, 4) is 6.07 Å². The van der Waals surface area contributed by atoms with E-state index in [0.717, 1.165) is 16.1 Å². The number of carbonyl (C=O) groups excluding carboxylic acids is 1. The summed E-state index contributed by atoms with van der Waals surface area (Å²) in [6.07, 6.45) is 0.913. The van der Waals surface area contributed by atoms with Crippen molar-refractivity contribution in [1.82, 2.24) is 4.72 Å². The fourth-order valence-corrected chi connectivity index (χ4v) is 3.96. The standard InChI is InChI=1S/C20H23N3O4S2/c1-13-10-15(6-9-18(13)28-5)22-17-8-7-16(11-14(17)12-21)29(25,26)23-19(24)27-20(2,3)4/h6-11,22H,1-5H3,(H,23,24). The van der Waals surface area contributed by atoms with Crippen LogP contribution in [0.2, 0.25) is 0 Å². The Kier molecular flexibility index (Phi) is 6.82. The fraction of sp³-hybridized carbons (Fsp3) is 0.300. The van der Waals surface area contributed by atoms with Crippen molar-refractivity contribution in [2.75, 3.05) is 11.6 Å². The number of nitrogens with one attached hydrogen (secondary N) is 2. The molecule has 0 spiro atoms. The number of amides is 1. The minimum atomic E-state index is -4.18. The first-order valence-corrected chi connectivity index (χ1v) is 11.4. The summed E-state index contributed by atoms with van der Waals surface area (Å²) in [5.41, 5.74) is 1.61. The number of rotatable bonds is 5. The number of thioether (sulfide) groups is 1. The summed E-state index contributed by atoms with van der Waals surface area (Å²) in [5, 5.41) is 12.6. The van der Waals surface area contributed by atoms with Gasteiger partial charge in [0, 0.05) is 10.6 Å². The van der Waals surface area contributed by atoms with Crippen molar-refractivity contribution in [1.29, 1.82) is 5.26 Å². The molecule has 2 rings (SSSR count). The molecule has 0 saturated heterocycles. The van der Waals surface area contributed by atoms with Crippen LogP contribution in [0, 0.1) is 18.3 Å². The molecule has 0 aliphatic heterocycles. The van der Waals surface area contributed by atoms with Crippen LogP contribution in [0.4, 0.5) is 16.2 Å². The van der Waals surface area contributed by atoms with Gasteiger partial charge in [-0.25, -0.2) is 17.9 Å². The van der Waals surface area contributed by atoms with Crippen LogP contribution in [-0.4, -0.2) is 26.4 Å². The van der Waals surface area contributed by atoms with Crippen LogP contribution in [0.1, 0.15) is 31.9 Å². The quantitative estimate of drug-likeness (QED) is 0.666. The van der Waals surface area contributed by atoms with Crippen LogP contribution >= 0.6 is 11.8 Å². The minimum absolute atomic E-state index is 0.128. The average molecular weight is 434 g/mol. The number of hydrogen-bond acceptors (Lipinski definition) is 7. The minimum Gasteiger partial charge on any atom is -0.443 e. The summed E-state index contributed by atoms with van der Waals surface area (Å²) in [7, 11) is -4.18. The average Bonchev–Trinajstić information content (AvgIpc) is 2.60. The van der Waals surface area contributed by atoms with Crippen LogP contribution in [0.5, 0.6) is 0 Å². The largest absolute Gasteiger partial charge is 0.443 e. The van der Waals surface area contributed by atoms with E-state index in [9.17, 15) is 18.5 Å². The van der Waals surface area contributed by atoms with Gasteiger partial charge in [0.15, 0.2) is 0 Å². The van der Waals surface area contributed by atoms with E-state index in [1.807, 2.05) is 42.2 Å². The van der Waals surface area contributed by atoms with Gasteiger partial charge >= 0.3 is 6.09 Å². The molecule has 7 nitrogen and oxygen atoms in total. The maximum absolute atomic E-state index is 12.4. The van der Waals surface area contributed by atoms with E-state index in [2.05, 4.69) is 5.32 Å². The molecule has 0 bridgehead atoms. The maximum Gasteiger partial charge on any atom is 0.421 e. The van der Waals surface area contributed by atoms with Gasteiger partial charge in [0.1, 0.15) is 11.7 Å². The zero-order chi connectivity index (χ0) is 21.8. The van der Waals surface area contributed by atoms with E-state index < -0.39 is 21.7 Å². The van der Waals surface area contributed by atoms with E-state index >= 15 is 0 Å². The first-order valence-electron chi connectivity index (χ1n) is 8.67. The van der Waals surface area contributed by atoms with Gasteiger partial charge in [-0.05, 0) is 75.9 Å². The number of carbonyl (C=O) groups is 1. The molecule has 0 fully saturated rings. The SMILES string of the molecule is CSc1ccc(Nc2ccc(S(=O)(=O)NC(=O)OC(C)(C)C)cc2C#N)cc1C. The molecule has 2 aromatic carbocycles. The number of benzene rings is 2. The predicted molar refractivity (Wildman–Crippen MR) is 114 cm³/mol. The highest BCUT2D eigenvalue weighted by molar-refractivity contribution is 7.98. The molecule has 0 unspecified atom stereocenters. The third kappa shape index (κ3) is 6.14. The topological polar surface area (TPSA) is 108 Å². The zero-order valence-electron chi connectivity index (χ0n) is 16.9. The van der Waals surface area contributed by atoms with Crippen LogP contribution in [-0.2, 0) is 14.8 Å². The molecule has 2 N–H and O–H groups in total. The third-order valence-corrected chi connectivity index (χ3v) is 5.92. The van der Waals surface area contributed by atoms with Crippen molar-refractivity contribution >= 4 is 39.3 Å². The second kappa shape index (κ2) is 8.76. The molecule has 0 aliphatic carbocycles. The lowest BCUT2D eigenvalue weighted by molar-refractivity contribution is 0.0570. The Balaban J connectivity index is 2.27. The van der Waals surface area contributed by atoms with Gasteiger partial charge in [-0.2, -0.15) is 5.26 Å². The molecule has 0 aromatic heterocycles. The van der Waals surface area contributed by atoms with Crippen molar-refractivity contribution < 1.29 is 17.9 Å². The third-order valence-electron chi connectivity index (χ3n) is 3.71. The summed E-state index contributed by atoms with van der Waals surface area (Å²) in [6, 6.07) is 11.8. The number of aryl methyl sites for hydroxylation is 1. The van der Waals surface area contributed by atoms with Gasteiger partial charge in [-0.15, -0.1) is 11.8 Å². The number of nitriles is 1. The normalized spacial score (nSPS) is 11.4. The highest BCUT2D eigenvalue weighted by Gasteiger charge is 2.23. The molecule has 0 radical (unpaired) electrons. The monoisotopic (exact) mass is 433 g/mol. The van der Waals surface area contributed by atoms with E-state index in [-0.39, 0.29) is 10.5 Å². The number of anilines is 2. The Bertz CT molecular complexity index is 1070. The Morgan fingerprint density at radius 1 is 1.17 bits per heavy atom. The summed E-state index contributed by atoms with van der Waals surface area (Å²) in [4.78, 5) is 12.7. The maximum atomic E-state index is 12.4. The number of nitrogens with zero attached hydrogens (tertiary/aromatic N) is 1. The number of ether oxygens (including phenoxy) is 1. The lowest BCUT2D eigenvalue weighted by Crippen LogP contribution is -2.36. The molecule has 2 aromatic rings. The van der Waals surface area contributed by atoms with E-state index in [0.29, 0.717) is 5.69 Å². The fourth-order valence-electron chi connectivity index (χ4n) is 2.47. The van der Waals surface area contributed by atoms with Gasteiger partial charge in [0.2, 0.25) is 0 Å².